The Kier molecular flexibility index (Phi) is 3.60. The molecule has 118 valence electrons. The van der Waals surface area contributed by atoms with E-state index in [1.165, 1.54) is 48.1 Å². The van der Waals surface area contributed by atoms with Gasteiger partial charge in [0, 0.05) is 23.9 Å². The van der Waals surface area contributed by atoms with Crippen LogP contribution in [-0.2, 0) is 12.8 Å². The Labute approximate surface area is 136 Å². The SMILES string of the molecule is CC(C)c1nc(N2CCCC2)c2c3c(sc2n1)C[C@H](C)CC3. The number of anilines is 1. The summed E-state index contributed by atoms with van der Waals surface area (Å²) in [5.74, 6) is 3.46. The molecule has 4 heteroatoms. The summed E-state index contributed by atoms with van der Waals surface area (Å²) in [6, 6.07) is 0. The van der Waals surface area contributed by atoms with Gasteiger partial charge in [-0.3, -0.25) is 0 Å². The predicted molar refractivity (Wildman–Crippen MR) is 94.1 cm³/mol. The van der Waals surface area contributed by atoms with Gasteiger partial charge < -0.3 is 4.90 Å². The normalized spacial score (nSPS) is 21.8. The molecule has 0 unspecified atom stereocenters. The number of hydrogen-bond acceptors (Lipinski definition) is 4. The molecule has 0 bridgehead atoms. The number of aryl methyl sites for hydroxylation is 1. The van der Waals surface area contributed by atoms with E-state index in [2.05, 4.69) is 25.7 Å². The number of rotatable bonds is 2. The summed E-state index contributed by atoms with van der Waals surface area (Å²) in [4.78, 5) is 15.2. The average Bonchev–Trinajstić information content (AvgIpc) is 3.12. The molecule has 1 fully saturated rings. The second kappa shape index (κ2) is 5.48. The Hall–Kier alpha value is -1.16. The van der Waals surface area contributed by atoms with Crippen molar-refractivity contribution in [3.8, 4) is 0 Å². The van der Waals surface area contributed by atoms with E-state index in [-0.39, 0.29) is 0 Å². The molecule has 0 spiro atoms. The van der Waals surface area contributed by atoms with Crippen molar-refractivity contribution in [2.45, 2.75) is 58.8 Å². The summed E-state index contributed by atoms with van der Waals surface area (Å²) in [6.07, 6.45) is 6.34. The maximum Gasteiger partial charge on any atom is 0.141 e. The zero-order valence-corrected chi connectivity index (χ0v) is 14.7. The van der Waals surface area contributed by atoms with E-state index in [4.69, 9.17) is 9.97 Å². The molecule has 4 rings (SSSR count). The van der Waals surface area contributed by atoms with Gasteiger partial charge in [0.15, 0.2) is 0 Å². The Morgan fingerprint density at radius 2 is 1.95 bits per heavy atom. The lowest BCUT2D eigenvalue weighted by Gasteiger charge is -2.22. The highest BCUT2D eigenvalue weighted by Crippen LogP contribution is 2.42. The van der Waals surface area contributed by atoms with Crippen molar-refractivity contribution < 1.29 is 0 Å². The molecule has 1 atom stereocenters. The minimum absolute atomic E-state index is 0.392. The van der Waals surface area contributed by atoms with Crippen LogP contribution < -0.4 is 4.90 Å². The van der Waals surface area contributed by atoms with Gasteiger partial charge in [-0.05, 0) is 43.6 Å². The van der Waals surface area contributed by atoms with Crippen LogP contribution in [0.2, 0.25) is 0 Å². The van der Waals surface area contributed by atoms with Crippen LogP contribution in [-0.4, -0.2) is 23.1 Å². The molecule has 3 heterocycles. The van der Waals surface area contributed by atoms with Crippen LogP contribution in [0, 0.1) is 5.92 Å². The second-order valence-corrected chi connectivity index (χ2v) is 8.37. The molecule has 2 aromatic heterocycles. The second-order valence-electron chi connectivity index (χ2n) is 7.29. The highest BCUT2D eigenvalue weighted by molar-refractivity contribution is 7.19. The van der Waals surface area contributed by atoms with Crippen LogP contribution in [0.4, 0.5) is 5.82 Å². The lowest BCUT2D eigenvalue weighted by atomic mass is 9.89. The number of thiophene rings is 1. The minimum Gasteiger partial charge on any atom is -0.356 e. The van der Waals surface area contributed by atoms with E-state index in [0.29, 0.717) is 5.92 Å². The highest BCUT2D eigenvalue weighted by atomic mass is 32.1. The maximum absolute atomic E-state index is 5.00. The van der Waals surface area contributed by atoms with Crippen LogP contribution in [0.5, 0.6) is 0 Å². The molecule has 2 aromatic rings. The van der Waals surface area contributed by atoms with E-state index in [0.717, 1.165) is 24.8 Å². The molecule has 22 heavy (non-hydrogen) atoms. The molecule has 0 N–H and O–H groups in total. The summed E-state index contributed by atoms with van der Waals surface area (Å²) in [6.45, 7) is 9.09. The van der Waals surface area contributed by atoms with Crippen LogP contribution >= 0.6 is 11.3 Å². The standard InChI is InChI=1S/C18H25N3S/c1-11(2)16-19-17(21-8-4-5-9-21)15-13-7-6-12(3)10-14(13)22-18(15)20-16/h11-12H,4-10H2,1-3H3/t12-/m1/s1. The first-order chi connectivity index (χ1) is 10.6. The van der Waals surface area contributed by atoms with Crippen LogP contribution in [0.1, 0.15) is 62.2 Å². The molecule has 3 nitrogen and oxygen atoms in total. The molecule has 0 amide bonds. The van der Waals surface area contributed by atoms with Gasteiger partial charge in [-0.2, -0.15) is 0 Å². The van der Waals surface area contributed by atoms with Crippen molar-refractivity contribution in [3.05, 3.63) is 16.3 Å². The molecule has 1 aliphatic carbocycles. The first kappa shape index (κ1) is 14.4. The van der Waals surface area contributed by atoms with Crippen molar-refractivity contribution >= 4 is 27.4 Å². The van der Waals surface area contributed by atoms with Crippen molar-refractivity contribution in [2.24, 2.45) is 5.92 Å². The summed E-state index contributed by atoms with van der Waals surface area (Å²) in [7, 11) is 0. The van der Waals surface area contributed by atoms with E-state index < -0.39 is 0 Å². The van der Waals surface area contributed by atoms with E-state index in [9.17, 15) is 0 Å². The fourth-order valence-corrected chi connectivity index (χ4v) is 5.14. The third-order valence-electron chi connectivity index (χ3n) is 5.08. The fourth-order valence-electron chi connectivity index (χ4n) is 3.76. The molecule has 1 aliphatic heterocycles. The summed E-state index contributed by atoms with van der Waals surface area (Å²) in [5.41, 5.74) is 1.57. The number of hydrogen-bond donors (Lipinski definition) is 0. The van der Waals surface area contributed by atoms with Crippen LogP contribution in [0.3, 0.4) is 0 Å². The minimum atomic E-state index is 0.392. The first-order valence-corrected chi connectivity index (χ1v) is 9.52. The highest BCUT2D eigenvalue weighted by Gasteiger charge is 2.27. The van der Waals surface area contributed by atoms with Crippen molar-refractivity contribution in [1.82, 2.24) is 9.97 Å². The monoisotopic (exact) mass is 315 g/mol. The van der Waals surface area contributed by atoms with Crippen molar-refractivity contribution in [1.29, 1.82) is 0 Å². The number of aromatic nitrogens is 2. The first-order valence-electron chi connectivity index (χ1n) is 8.70. The third kappa shape index (κ3) is 2.32. The van der Waals surface area contributed by atoms with Gasteiger partial charge in [-0.1, -0.05) is 20.8 Å². The van der Waals surface area contributed by atoms with E-state index >= 15 is 0 Å². The molecular formula is C18H25N3S. The Balaban J connectivity index is 1.93. The summed E-state index contributed by atoms with van der Waals surface area (Å²) >= 11 is 1.93. The summed E-state index contributed by atoms with van der Waals surface area (Å²) in [5, 5.41) is 1.39. The fraction of sp³-hybridized carbons (Fsp3) is 0.667. The van der Waals surface area contributed by atoms with Gasteiger partial charge in [0.05, 0.1) is 5.39 Å². The van der Waals surface area contributed by atoms with E-state index in [1.807, 2.05) is 11.3 Å². The Morgan fingerprint density at radius 3 is 2.68 bits per heavy atom. The molecule has 0 radical (unpaired) electrons. The lowest BCUT2D eigenvalue weighted by molar-refractivity contribution is 0.509. The largest absolute Gasteiger partial charge is 0.356 e. The van der Waals surface area contributed by atoms with Gasteiger partial charge in [0.25, 0.3) is 0 Å². The zero-order chi connectivity index (χ0) is 15.3. The average molecular weight is 315 g/mol. The smallest absolute Gasteiger partial charge is 0.141 e. The van der Waals surface area contributed by atoms with Gasteiger partial charge in [0.2, 0.25) is 0 Å². The van der Waals surface area contributed by atoms with Crippen LogP contribution in [0.15, 0.2) is 0 Å². The quantitative estimate of drug-likeness (QED) is 0.814. The van der Waals surface area contributed by atoms with Crippen molar-refractivity contribution in [2.75, 3.05) is 18.0 Å². The van der Waals surface area contributed by atoms with Crippen LogP contribution in [0.25, 0.3) is 10.2 Å². The van der Waals surface area contributed by atoms with Gasteiger partial charge in [0.1, 0.15) is 16.5 Å². The van der Waals surface area contributed by atoms with Crippen molar-refractivity contribution in [3.63, 3.8) is 0 Å². The maximum atomic E-state index is 5.00. The lowest BCUT2D eigenvalue weighted by Crippen LogP contribution is -2.21. The molecule has 2 aliphatic rings. The molecule has 0 aromatic carbocycles. The number of nitrogens with zero attached hydrogens (tertiary/aromatic N) is 3. The van der Waals surface area contributed by atoms with E-state index in [1.54, 1.807) is 10.4 Å². The van der Waals surface area contributed by atoms with Gasteiger partial charge >= 0.3 is 0 Å². The molecule has 0 saturated carbocycles. The topological polar surface area (TPSA) is 29.0 Å². The Morgan fingerprint density at radius 1 is 1.18 bits per heavy atom. The van der Waals surface area contributed by atoms with Gasteiger partial charge in [-0.25, -0.2) is 9.97 Å². The zero-order valence-electron chi connectivity index (χ0n) is 13.9. The van der Waals surface area contributed by atoms with Gasteiger partial charge in [-0.15, -0.1) is 11.3 Å². The molecule has 1 saturated heterocycles. The predicted octanol–water partition coefficient (Wildman–Crippen LogP) is 4.54. The summed E-state index contributed by atoms with van der Waals surface area (Å²) < 4.78 is 0. The Bertz CT molecular complexity index is 698. The number of fused-ring (bicyclic) bond motifs is 3. The third-order valence-corrected chi connectivity index (χ3v) is 6.22. The molecular weight excluding hydrogens is 290 g/mol.